The van der Waals surface area contributed by atoms with Crippen molar-refractivity contribution in [1.82, 2.24) is 9.21 Å². The molecule has 2 atom stereocenters. The fourth-order valence-electron chi connectivity index (χ4n) is 4.25. The summed E-state index contributed by atoms with van der Waals surface area (Å²) < 4.78 is 27.4. The average Bonchev–Trinajstić information content (AvgIpc) is 2.75. The van der Waals surface area contributed by atoms with Gasteiger partial charge in [0.05, 0.1) is 10.5 Å². The van der Waals surface area contributed by atoms with E-state index in [4.69, 9.17) is 5.73 Å². The monoisotopic (exact) mass is 367 g/mol. The maximum atomic E-state index is 12.9. The van der Waals surface area contributed by atoms with Gasteiger partial charge in [-0.25, -0.2) is 8.42 Å². The maximum absolute atomic E-state index is 12.9. The molecule has 0 amide bonds. The van der Waals surface area contributed by atoms with Gasteiger partial charge < -0.3 is 10.8 Å². The van der Waals surface area contributed by atoms with Crippen LogP contribution in [0.15, 0.2) is 29.2 Å². The topological polar surface area (TPSA) is 86.9 Å². The van der Waals surface area contributed by atoms with Gasteiger partial charge in [0, 0.05) is 37.4 Å². The van der Waals surface area contributed by atoms with E-state index >= 15 is 0 Å². The highest BCUT2D eigenvalue weighted by Gasteiger charge is 2.45. The second kappa shape index (κ2) is 6.54. The van der Waals surface area contributed by atoms with Gasteiger partial charge in [0.15, 0.2) is 0 Å². The zero-order valence-corrected chi connectivity index (χ0v) is 16.0. The Morgan fingerprint density at radius 3 is 2.20 bits per heavy atom. The summed E-state index contributed by atoms with van der Waals surface area (Å²) in [6, 6.07) is 7.07. The number of piperidine rings is 1. The highest BCUT2D eigenvalue weighted by molar-refractivity contribution is 7.89. The summed E-state index contributed by atoms with van der Waals surface area (Å²) in [4.78, 5) is 2.66. The number of benzene rings is 1. The van der Waals surface area contributed by atoms with Crippen molar-refractivity contribution in [3.8, 4) is 0 Å². The normalized spacial score (nSPS) is 27.8. The Labute approximate surface area is 150 Å². The Morgan fingerprint density at radius 1 is 1.20 bits per heavy atom. The summed E-state index contributed by atoms with van der Waals surface area (Å²) in [5.41, 5.74) is 5.49. The zero-order valence-electron chi connectivity index (χ0n) is 15.2. The smallest absolute Gasteiger partial charge is 0.243 e. The van der Waals surface area contributed by atoms with Gasteiger partial charge in [-0.2, -0.15) is 4.31 Å². The first-order valence-corrected chi connectivity index (χ1v) is 10.3. The van der Waals surface area contributed by atoms with Crippen LogP contribution in [-0.2, 0) is 10.0 Å². The lowest BCUT2D eigenvalue weighted by Crippen LogP contribution is -2.54. The highest BCUT2D eigenvalue weighted by atomic mass is 32.2. The Bertz CT molecular complexity index is 698. The third-order valence-corrected chi connectivity index (χ3v) is 7.42. The van der Waals surface area contributed by atoms with E-state index in [-0.39, 0.29) is 10.9 Å². The van der Waals surface area contributed by atoms with Crippen molar-refractivity contribution >= 4 is 15.7 Å². The fourth-order valence-corrected chi connectivity index (χ4v) is 5.63. The van der Waals surface area contributed by atoms with E-state index in [2.05, 4.69) is 4.90 Å². The number of nitrogens with two attached hydrogens (primary N) is 1. The third kappa shape index (κ3) is 3.84. The molecule has 2 aliphatic rings. The fraction of sp³-hybridized carbons (Fsp3) is 0.667. The molecule has 2 aliphatic heterocycles. The van der Waals surface area contributed by atoms with Crippen molar-refractivity contribution in [3.63, 3.8) is 0 Å². The molecule has 6 nitrogen and oxygen atoms in total. The molecule has 3 N–H and O–H groups in total. The second-order valence-corrected chi connectivity index (χ2v) is 10.1. The molecule has 2 saturated heterocycles. The summed E-state index contributed by atoms with van der Waals surface area (Å²) in [6.07, 6.45) is 3.79. The van der Waals surface area contributed by atoms with Gasteiger partial charge in [0.25, 0.3) is 0 Å². The van der Waals surface area contributed by atoms with Gasteiger partial charge in [0.2, 0.25) is 10.0 Å². The largest absolute Gasteiger partial charge is 0.399 e. The molecule has 3 rings (SSSR count). The first-order valence-electron chi connectivity index (χ1n) is 8.89. The lowest BCUT2D eigenvalue weighted by Gasteiger charge is -2.43. The molecular formula is C18H29N3O3S. The van der Waals surface area contributed by atoms with Crippen LogP contribution in [-0.4, -0.2) is 60.0 Å². The van der Waals surface area contributed by atoms with Crippen molar-refractivity contribution in [2.24, 2.45) is 0 Å². The molecule has 2 bridgehead atoms. The van der Waals surface area contributed by atoms with Gasteiger partial charge in [0.1, 0.15) is 0 Å². The SMILES string of the molecule is CN(C1CC2CCC(C1)N2CC(C)(C)O)S(=O)(=O)c1ccc(N)cc1. The molecule has 0 aliphatic carbocycles. The number of rotatable bonds is 5. The first kappa shape index (κ1) is 18.6. The summed E-state index contributed by atoms with van der Waals surface area (Å²) in [5, 5.41) is 10.2. The van der Waals surface area contributed by atoms with E-state index < -0.39 is 15.6 Å². The summed E-state index contributed by atoms with van der Waals surface area (Å²) >= 11 is 0. The number of hydrogen-bond donors (Lipinski definition) is 2. The van der Waals surface area contributed by atoms with Crippen LogP contribution in [0.25, 0.3) is 0 Å². The van der Waals surface area contributed by atoms with Crippen LogP contribution in [0.5, 0.6) is 0 Å². The molecule has 25 heavy (non-hydrogen) atoms. The molecule has 140 valence electrons. The molecule has 0 spiro atoms. The Balaban J connectivity index is 1.75. The molecule has 0 aromatic heterocycles. The number of anilines is 1. The van der Waals surface area contributed by atoms with Crippen molar-refractivity contribution < 1.29 is 13.5 Å². The number of nitrogen functional groups attached to an aromatic ring is 1. The number of fused-ring (bicyclic) bond motifs is 2. The van der Waals surface area contributed by atoms with E-state index in [9.17, 15) is 13.5 Å². The number of sulfonamides is 1. The minimum absolute atomic E-state index is 0.00175. The maximum Gasteiger partial charge on any atom is 0.243 e. The van der Waals surface area contributed by atoms with Gasteiger partial charge in [-0.15, -0.1) is 0 Å². The Hall–Kier alpha value is -1.15. The lowest BCUT2D eigenvalue weighted by atomic mass is 9.95. The first-order chi connectivity index (χ1) is 11.6. The average molecular weight is 368 g/mol. The standard InChI is InChI=1S/C18H29N3O3S/c1-18(2,22)12-21-14-6-7-15(21)11-16(10-14)20(3)25(23,24)17-8-4-13(19)5-9-17/h4-5,8-9,14-16,22H,6-7,10-12,19H2,1-3H3. The van der Waals surface area contributed by atoms with E-state index in [1.165, 1.54) is 4.31 Å². The molecule has 2 unspecified atom stereocenters. The number of aliphatic hydroxyl groups is 1. The molecule has 1 aromatic rings. The van der Waals surface area contributed by atoms with Gasteiger partial charge in [-0.1, -0.05) is 0 Å². The van der Waals surface area contributed by atoms with E-state index in [0.717, 1.165) is 25.7 Å². The molecule has 2 heterocycles. The quantitative estimate of drug-likeness (QED) is 0.773. The minimum atomic E-state index is -3.52. The van der Waals surface area contributed by atoms with Crippen LogP contribution in [0.4, 0.5) is 5.69 Å². The van der Waals surface area contributed by atoms with E-state index in [1.54, 1.807) is 31.3 Å². The van der Waals surface area contributed by atoms with Crippen LogP contribution in [0.3, 0.4) is 0 Å². The van der Waals surface area contributed by atoms with Gasteiger partial charge in [-0.05, 0) is 63.8 Å². The minimum Gasteiger partial charge on any atom is -0.399 e. The Kier molecular flexibility index (Phi) is 4.87. The molecule has 7 heteroatoms. The van der Waals surface area contributed by atoms with Crippen molar-refractivity contribution in [1.29, 1.82) is 0 Å². The molecular weight excluding hydrogens is 338 g/mol. The predicted octanol–water partition coefficient (Wildman–Crippen LogP) is 1.66. The lowest BCUT2D eigenvalue weighted by molar-refractivity contribution is -0.00335. The Morgan fingerprint density at radius 2 is 1.72 bits per heavy atom. The van der Waals surface area contributed by atoms with Crippen LogP contribution < -0.4 is 5.73 Å². The third-order valence-electron chi connectivity index (χ3n) is 5.50. The van der Waals surface area contributed by atoms with E-state index in [0.29, 0.717) is 24.3 Å². The van der Waals surface area contributed by atoms with Crippen LogP contribution >= 0.6 is 0 Å². The van der Waals surface area contributed by atoms with Crippen LogP contribution in [0.1, 0.15) is 39.5 Å². The molecule has 0 saturated carbocycles. The van der Waals surface area contributed by atoms with Crippen LogP contribution in [0, 0.1) is 0 Å². The molecule has 0 radical (unpaired) electrons. The zero-order chi connectivity index (χ0) is 18.4. The summed E-state index contributed by atoms with van der Waals surface area (Å²) in [6.45, 7) is 4.30. The molecule has 2 fully saturated rings. The van der Waals surface area contributed by atoms with Gasteiger partial charge in [-0.3, -0.25) is 4.90 Å². The second-order valence-electron chi connectivity index (χ2n) is 8.09. The van der Waals surface area contributed by atoms with Crippen molar-refractivity contribution in [2.75, 3.05) is 19.3 Å². The van der Waals surface area contributed by atoms with Crippen molar-refractivity contribution in [2.45, 2.75) is 68.2 Å². The van der Waals surface area contributed by atoms with Crippen LogP contribution in [0.2, 0.25) is 0 Å². The van der Waals surface area contributed by atoms with E-state index in [1.807, 2.05) is 13.8 Å². The van der Waals surface area contributed by atoms with Crippen molar-refractivity contribution in [3.05, 3.63) is 24.3 Å². The number of hydrogen-bond acceptors (Lipinski definition) is 5. The predicted molar refractivity (Wildman–Crippen MR) is 98.6 cm³/mol. The summed E-state index contributed by atoms with van der Waals surface area (Å²) in [5.74, 6) is 0. The number of nitrogens with zero attached hydrogens (tertiary/aromatic N) is 2. The molecule has 1 aromatic carbocycles. The highest BCUT2D eigenvalue weighted by Crippen LogP contribution is 2.39. The summed E-state index contributed by atoms with van der Waals surface area (Å²) in [7, 11) is -1.84. The van der Waals surface area contributed by atoms with Gasteiger partial charge >= 0.3 is 0 Å².